The van der Waals surface area contributed by atoms with Gasteiger partial charge in [-0.25, -0.2) is 0 Å². The molecule has 0 spiro atoms. The molecule has 2 aromatic rings. The van der Waals surface area contributed by atoms with Crippen molar-refractivity contribution in [2.24, 2.45) is 0 Å². The molecule has 1 N–H and O–H groups in total. The van der Waals surface area contributed by atoms with Crippen molar-refractivity contribution in [2.75, 3.05) is 13.1 Å². The number of carbonyl (C=O) groups is 1. The third-order valence-corrected chi connectivity index (χ3v) is 4.68. The molecule has 0 saturated carbocycles. The van der Waals surface area contributed by atoms with Crippen LogP contribution < -0.4 is 5.32 Å². The highest BCUT2D eigenvalue weighted by molar-refractivity contribution is 7.13. The van der Waals surface area contributed by atoms with Gasteiger partial charge in [-0.2, -0.15) is 0 Å². The summed E-state index contributed by atoms with van der Waals surface area (Å²) in [6.45, 7) is 9.82. The van der Waals surface area contributed by atoms with Crippen molar-refractivity contribution in [3.05, 3.63) is 23.4 Å². The van der Waals surface area contributed by atoms with Crippen LogP contribution in [0.5, 0.6) is 0 Å². The van der Waals surface area contributed by atoms with Gasteiger partial charge in [0.2, 0.25) is 11.8 Å². The zero-order valence-corrected chi connectivity index (χ0v) is 15.7. The Morgan fingerprint density at radius 3 is 2.79 bits per heavy atom. The average Bonchev–Trinajstić information content (AvgIpc) is 3.17. The number of hydrogen-bond acceptors (Lipinski definition) is 6. The van der Waals surface area contributed by atoms with Crippen LogP contribution in [-0.2, 0) is 11.3 Å². The summed E-state index contributed by atoms with van der Waals surface area (Å²) in [6.07, 6.45) is 1.84. The van der Waals surface area contributed by atoms with E-state index in [0.29, 0.717) is 24.9 Å². The standard InChI is InChI=1S/C17H26N4O2S/c1-5-9-21(11-14(22)18-17(3,4)6-2)12-15-19-20-16(23-15)13-8-7-10-24-13/h7-8,10H,5-6,9,11-12H2,1-4H3,(H,18,22). The van der Waals surface area contributed by atoms with Gasteiger partial charge in [0.1, 0.15) is 0 Å². The molecule has 0 aliphatic heterocycles. The third-order valence-electron chi connectivity index (χ3n) is 3.83. The minimum absolute atomic E-state index is 0.0216. The number of amides is 1. The van der Waals surface area contributed by atoms with E-state index in [1.165, 1.54) is 0 Å². The molecule has 0 atom stereocenters. The largest absolute Gasteiger partial charge is 0.419 e. The first-order chi connectivity index (χ1) is 11.4. The van der Waals surface area contributed by atoms with Crippen LogP contribution in [-0.4, -0.2) is 39.6 Å². The number of carbonyl (C=O) groups excluding carboxylic acids is 1. The predicted octanol–water partition coefficient (Wildman–Crippen LogP) is 3.31. The Labute approximate surface area is 147 Å². The first kappa shape index (κ1) is 18.6. The Bertz CT molecular complexity index is 637. The third kappa shape index (κ3) is 5.42. The monoisotopic (exact) mass is 350 g/mol. The summed E-state index contributed by atoms with van der Waals surface area (Å²) < 4.78 is 5.72. The second kappa shape index (κ2) is 8.39. The fourth-order valence-electron chi connectivity index (χ4n) is 2.25. The van der Waals surface area contributed by atoms with E-state index in [1.54, 1.807) is 11.3 Å². The van der Waals surface area contributed by atoms with Crippen molar-refractivity contribution < 1.29 is 9.21 Å². The summed E-state index contributed by atoms with van der Waals surface area (Å²) in [6, 6.07) is 3.90. The van der Waals surface area contributed by atoms with E-state index in [4.69, 9.17) is 4.42 Å². The van der Waals surface area contributed by atoms with Gasteiger partial charge in [0.15, 0.2) is 0 Å². The molecule has 0 unspecified atom stereocenters. The summed E-state index contributed by atoms with van der Waals surface area (Å²) in [7, 11) is 0. The zero-order chi connectivity index (χ0) is 17.6. The highest BCUT2D eigenvalue weighted by Crippen LogP contribution is 2.23. The molecule has 0 bridgehead atoms. The van der Waals surface area contributed by atoms with Gasteiger partial charge in [-0.3, -0.25) is 9.69 Å². The number of hydrogen-bond donors (Lipinski definition) is 1. The molecule has 2 heterocycles. The first-order valence-corrected chi connectivity index (χ1v) is 9.21. The van der Waals surface area contributed by atoms with Crippen molar-refractivity contribution in [1.82, 2.24) is 20.4 Å². The van der Waals surface area contributed by atoms with Crippen LogP contribution in [0.1, 0.15) is 46.4 Å². The summed E-state index contributed by atoms with van der Waals surface area (Å²) >= 11 is 1.56. The molecule has 2 rings (SSSR count). The van der Waals surface area contributed by atoms with Crippen molar-refractivity contribution >= 4 is 17.2 Å². The molecule has 7 heteroatoms. The van der Waals surface area contributed by atoms with Gasteiger partial charge >= 0.3 is 0 Å². The second-order valence-corrected chi connectivity index (χ2v) is 7.42. The van der Waals surface area contributed by atoms with E-state index in [1.807, 2.05) is 36.3 Å². The molecule has 0 aliphatic rings. The van der Waals surface area contributed by atoms with Gasteiger partial charge in [-0.1, -0.05) is 19.9 Å². The average molecular weight is 350 g/mol. The maximum Gasteiger partial charge on any atom is 0.257 e. The number of thiophene rings is 1. The number of rotatable bonds is 9. The molecule has 0 aromatic carbocycles. The molecule has 1 amide bonds. The molecule has 6 nitrogen and oxygen atoms in total. The van der Waals surface area contributed by atoms with Gasteiger partial charge in [0, 0.05) is 5.54 Å². The van der Waals surface area contributed by atoms with Gasteiger partial charge in [0.05, 0.1) is 18.0 Å². The molecular formula is C17H26N4O2S. The van der Waals surface area contributed by atoms with Crippen LogP contribution in [0.15, 0.2) is 21.9 Å². The fourth-order valence-corrected chi connectivity index (χ4v) is 2.89. The number of nitrogens with one attached hydrogen (secondary N) is 1. The molecule has 2 aromatic heterocycles. The molecule has 24 heavy (non-hydrogen) atoms. The molecule has 132 valence electrons. The van der Waals surface area contributed by atoms with Crippen LogP contribution in [0.2, 0.25) is 0 Å². The van der Waals surface area contributed by atoms with E-state index in [-0.39, 0.29) is 11.4 Å². The van der Waals surface area contributed by atoms with E-state index < -0.39 is 0 Å². The number of aromatic nitrogens is 2. The molecular weight excluding hydrogens is 324 g/mol. The van der Waals surface area contributed by atoms with Crippen molar-refractivity contribution in [1.29, 1.82) is 0 Å². The lowest BCUT2D eigenvalue weighted by Crippen LogP contribution is -2.47. The Morgan fingerprint density at radius 2 is 2.17 bits per heavy atom. The SMILES string of the molecule is CCCN(CC(=O)NC(C)(C)CC)Cc1nnc(-c2cccs2)o1. The van der Waals surface area contributed by atoms with Crippen LogP contribution in [0.25, 0.3) is 10.8 Å². The van der Waals surface area contributed by atoms with Gasteiger partial charge in [-0.15, -0.1) is 21.5 Å². The Morgan fingerprint density at radius 1 is 1.38 bits per heavy atom. The summed E-state index contributed by atoms with van der Waals surface area (Å²) in [5.74, 6) is 1.09. The molecule has 0 radical (unpaired) electrons. The van der Waals surface area contributed by atoms with Crippen molar-refractivity contribution in [3.63, 3.8) is 0 Å². The Balaban J connectivity index is 1.97. The van der Waals surface area contributed by atoms with Crippen LogP contribution in [0.4, 0.5) is 0 Å². The lowest BCUT2D eigenvalue weighted by atomic mass is 10.0. The lowest BCUT2D eigenvalue weighted by Gasteiger charge is -2.27. The minimum atomic E-state index is -0.189. The van der Waals surface area contributed by atoms with Crippen LogP contribution in [0, 0.1) is 0 Å². The zero-order valence-electron chi connectivity index (χ0n) is 14.8. The maximum absolute atomic E-state index is 12.3. The van der Waals surface area contributed by atoms with E-state index in [9.17, 15) is 4.79 Å². The summed E-state index contributed by atoms with van der Waals surface area (Å²) in [5, 5.41) is 13.2. The Kier molecular flexibility index (Phi) is 6.51. The van der Waals surface area contributed by atoms with E-state index in [0.717, 1.165) is 24.3 Å². The maximum atomic E-state index is 12.3. The van der Waals surface area contributed by atoms with Gasteiger partial charge in [-0.05, 0) is 44.7 Å². The topological polar surface area (TPSA) is 71.3 Å². The fraction of sp³-hybridized carbons (Fsp3) is 0.588. The molecule has 0 fully saturated rings. The summed E-state index contributed by atoms with van der Waals surface area (Å²) in [5.41, 5.74) is -0.189. The normalized spacial score (nSPS) is 11.9. The van der Waals surface area contributed by atoms with Crippen LogP contribution in [0.3, 0.4) is 0 Å². The van der Waals surface area contributed by atoms with E-state index >= 15 is 0 Å². The number of nitrogens with zero attached hydrogens (tertiary/aromatic N) is 3. The highest BCUT2D eigenvalue weighted by Gasteiger charge is 2.20. The first-order valence-electron chi connectivity index (χ1n) is 8.33. The summed E-state index contributed by atoms with van der Waals surface area (Å²) in [4.78, 5) is 15.3. The molecule has 0 aliphatic carbocycles. The van der Waals surface area contributed by atoms with E-state index in [2.05, 4.69) is 29.4 Å². The Hall–Kier alpha value is -1.73. The quantitative estimate of drug-likeness (QED) is 0.751. The van der Waals surface area contributed by atoms with Gasteiger partial charge in [0.25, 0.3) is 5.89 Å². The second-order valence-electron chi connectivity index (χ2n) is 6.47. The smallest absolute Gasteiger partial charge is 0.257 e. The van der Waals surface area contributed by atoms with Crippen LogP contribution >= 0.6 is 11.3 Å². The highest BCUT2D eigenvalue weighted by atomic mass is 32.1. The molecule has 0 saturated heterocycles. The predicted molar refractivity (Wildman–Crippen MR) is 95.7 cm³/mol. The van der Waals surface area contributed by atoms with Crippen molar-refractivity contribution in [2.45, 2.75) is 52.6 Å². The van der Waals surface area contributed by atoms with Gasteiger partial charge < -0.3 is 9.73 Å². The lowest BCUT2D eigenvalue weighted by molar-refractivity contribution is -0.124. The van der Waals surface area contributed by atoms with Crippen molar-refractivity contribution in [3.8, 4) is 10.8 Å². The minimum Gasteiger partial charge on any atom is -0.419 e.